The van der Waals surface area contributed by atoms with Crippen LogP contribution in [0.15, 0.2) is 24.3 Å². The number of hydrogen-bond acceptors (Lipinski definition) is 4. The third-order valence-electron chi connectivity index (χ3n) is 3.98. The molecule has 0 radical (unpaired) electrons. The highest BCUT2D eigenvalue weighted by molar-refractivity contribution is 5.53. The summed E-state index contributed by atoms with van der Waals surface area (Å²) < 4.78 is 21.8. The fourth-order valence-corrected chi connectivity index (χ4v) is 2.76. The standard InChI is InChI=1S/C19H24O4/c1-12-7-15(19(23-6)18(8-12)22-5)9-14-10-16(20-3)11-17(21-4)13(14)2/h7-8,10-11H,9H2,1-6H3. The second-order valence-electron chi connectivity index (χ2n) is 5.45. The summed E-state index contributed by atoms with van der Waals surface area (Å²) in [5.41, 5.74) is 4.43. The van der Waals surface area contributed by atoms with Crippen LogP contribution in [-0.4, -0.2) is 28.4 Å². The van der Waals surface area contributed by atoms with E-state index in [1.165, 1.54) is 0 Å². The highest BCUT2D eigenvalue weighted by Crippen LogP contribution is 2.36. The molecule has 2 rings (SSSR count). The van der Waals surface area contributed by atoms with Gasteiger partial charge in [0.25, 0.3) is 0 Å². The summed E-state index contributed by atoms with van der Waals surface area (Å²) in [5.74, 6) is 3.10. The smallest absolute Gasteiger partial charge is 0.164 e. The molecule has 0 aliphatic carbocycles. The van der Waals surface area contributed by atoms with Crippen molar-refractivity contribution in [1.29, 1.82) is 0 Å². The van der Waals surface area contributed by atoms with Crippen LogP contribution >= 0.6 is 0 Å². The maximum absolute atomic E-state index is 5.56. The zero-order chi connectivity index (χ0) is 17.0. The first kappa shape index (κ1) is 17.0. The van der Waals surface area contributed by atoms with Crippen molar-refractivity contribution in [3.8, 4) is 23.0 Å². The molecule has 0 aliphatic rings. The second kappa shape index (κ2) is 7.27. The molecular formula is C19H24O4. The molecule has 0 N–H and O–H groups in total. The van der Waals surface area contributed by atoms with Crippen molar-refractivity contribution in [3.63, 3.8) is 0 Å². The molecule has 0 aromatic heterocycles. The Bertz CT molecular complexity index is 692. The fourth-order valence-electron chi connectivity index (χ4n) is 2.76. The molecular weight excluding hydrogens is 292 g/mol. The van der Waals surface area contributed by atoms with Crippen LogP contribution in [0.2, 0.25) is 0 Å². The molecule has 0 aliphatic heterocycles. The van der Waals surface area contributed by atoms with E-state index in [1.54, 1.807) is 28.4 Å². The normalized spacial score (nSPS) is 10.3. The quantitative estimate of drug-likeness (QED) is 0.809. The Labute approximate surface area is 137 Å². The maximum atomic E-state index is 5.56. The first-order valence-corrected chi connectivity index (χ1v) is 7.47. The lowest BCUT2D eigenvalue weighted by Gasteiger charge is -2.17. The lowest BCUT2D eigenvalue weighted by Crippen LogP contribution is -2.01. The zero-order valence-electron chi connectivity index (χ0n) is 14.6. The third-order valence-corrected chi connectivity index (χ3v) is 3.98. The minimum atomic E-state index is 0.709. The van der Waals surface area contributed by atoms with E-state index in [2.05, 4.69) is 6.07 Å². The van der Waals surface area contributed by atoms with E-state index < -0.39 is 0 Å². The summed E-state index contributed by atoms with van der Waals surface area (Å²) in [5, 5.41) is 0. The summed E-state index contributed by atoms with van der Waals surface area (Å²) in [6.45, 7) is 4.09. The molecule has 2 aromatic rings. The summed E-state index contributed by atoms with van der Waals surface area (Å²) in [4.78, 5) is 0. The van der Waals surface area contributed by atoms with Crippen molar-refractivity contribution in [3.05, 3.63) is 46.5 Å². The number of ether oxygens (including phenoxy) is 4. The predicted octanol–water partition coefficient (Wildman–Crippen LogP) is 3.93. The molecule has 0 fully saturated rings. The molecule has 2 aromatic carbocycles. The van der Waals surface area contributed by atoms with Crippen LogP contribution in [0.25, 0.3) is 0 Å². The highest BCUT2D eigenvalue weighted by atomic mass is 16.5. The fraction of sp³-hybridized carbons (Fsp3) is 0.368. The van der Waals surface area contributed by atoms with Gasteiger partial charge in [0, 0.05) is 18.1 Å². The van der Waals surface area contributed by atoms with E-state index in [0.717, 1.165) is 45.3 Å². The van der Waals surface area contributed by atoms with Gasteiger partial charge in [-0.3, -0.25) is 0 Å². The van der Waals surface area contributed by atoms with Gasteiger partial charge in [-0.25, -0.2) is 0 Å². The van der Waals surface area contributed by atoms with Crippen molar-refractivity contribution in [2.75, 3.05) is 28.4 Å². The van der Waals surface area contributed by atoms with E-state index in [0.29, 0.717) is 6.42 Å². The minimum absolute atomic E-state index is 0.709. The van der Waals surface area contributed by atoms with Gasteiger partial charge in [-0.1, -0.05) is 6.07 Å². The number of benzene rings is 2. The Balaban J connectivity index is 2.53. The molecule has 0 amide bonds. The van der Waals surface area contributed by atoms with E-state index in [4.69, 9.17) is 18.9 Å². The summed E-state index contributed by atoms with van der Waals surface area (Å²) in [6.07, 6.45) is 0.709. The Morgan fingerprint density at radius 2 is 1.39 bits per heavy atom. The molecule has 0 saturated carbocycles. The molecule has 0 spiro atoms. The molecule has 0 heterocycles. The van der Waals surface area contributed by atoms with Crippen LogP contribution in [0.3, 0.4) is 0 Å². The van der Waals surface area contributed by atoms with Gasteiger partial charge in [0.05, 0.1) is 28.4 Å². The molecule has 4 heteroatoms. The maximum Gasteiger partial charge on any atom is 0.164 e. The zero-order valence-corrected chi connectivity index (χ0v) is 14.6. The summed E-state index contributed by atoms with van der Waals surface area (Å²) >= 11 is 0. The van der Waals surface area contributed by atoms with Gasteiger partial charge in [0.15, 0.2) is 11.5 Å². The first-order valence-electron chi connectivity index (χ1n) is 7.47. The predicted molar refractivity (Wildman–Crippen MR) is 91.4 cm³/mol. The van der Waals surface area contributed by atoms with Crippen molar-refractivity contribution in [2.45, 2.75) is 20.3 Å². The third kappa shape index (κ3) is 3.52. The Kier molecular flexibility index (Phi) is 5.37. The van der Waals surface area contributed by atoms with Gasteiger partial charge < -0.3 is 18.9 Å². The van der Waals surface area contributed by atoms with Crippen molar-refractivity contribution < 1.29 is 18.9 Å². The van der Waals surface area contributed by atoms with Crippen LogP contribution < -0.4 is 18.9 Å². The van der Waals surface area contributed by atoms with Crippen molar-refractivity contribution >= 4 is 0 Å². The van der Waals surface area contributed by atoms with Crippen molar-refractivity contribution in [2.24, 2.45) is 0 Å². The van der Waals surface area contributed by atoms with E-state index in [-0.39, 0.29) is 0 Å². The molecule has 0 saturated heterocycles. The van der Waals surface area contributed by atoms with Crippen LogP contribution in [0.1, 0.15) is 22.3 Å². The first-order chi connectivity index (χ1) is 11.0. The van der Waals surface area contributed by atoms with Crippen molar-refractivity contribution in [1.82, 2.24) is 0 Å². The topological polar surface area (TPSA) is 36.9 Å². The summed E-state index contributed by atoms with van der Waals surface area (Å²) in [7, 11) is 6.64. The average Bonchev–Trinajstić information content (AvgIpc) is 2.56. The van der Waals surface area contributed by atoms with Gasteiger partial charge in [0.2, 0.25) is 0 Å². The lowest BCUT2D eigenvalue weighted by atomic mass is 9.97. The van der Waals surface area contributed by atoms with E-state index in [1.807, 2.05) is 32.0 Å². The highest BCUT2D eigenvalue weighted by Gasteiger charge is 2.15. The molecule has 4 nitrogen and oxygen atoms in total. The van der Waals surface area contributed by atoms with Crippen LogP contribution in [0.5, 0.6) is 23.0 Å². The molecule has 0 atom stereocenters. The van der Waals surface area contributed by atoms with Gasteiger partial charge in [-0.05, 0) is 42.7 Å². The molecule has 23 heavy (non-hydrogen) atoms. The Morgan fingerprint density at radius 1 is 0.696 bits per heavy atom. The molecule has 124 valence electrons. The number of hydrogen-bond donors (Lipinski definition) is 0. The van der Waals surface area contributed by atoms with Crippen LogP contribution in [-0.2, 0) is 6.42 Å². The number of aryl methyl sites for hydroxylation is 1. The monoisotopic (exact) mass is 316 g/mol. The van der Waals surface area contributed by atoms with Gasteiger partial charge in [-0.2, -0.15) is 0 Å². The van der Waals surface area contributed by atoms with Gasteiger partial charge in [0.1, 0.15) is 11.5 Å². The molecule has 0 bridgehead atoms. The van der Waals surface area contributed by atoms with Gasteiger partial charge in [-0.15, -0.1) is 0 Å². The minimum Gasteiger partial charge on any atom is -0.497 e. The van der Waals surface area contributed by atoms with Crippen LogP contribution in [0, 0.1) is 13.8 Å². The number of methoxy groups -OCH3 is 4. The largest absolute Gasteiger partial charge is 0.497 e. The Hall–Kier alpha value is -2.36. The number of rotatable bonds is 6. The molecule has 0 unspecified atom stereocenters. The SMILES string of the molecule is COc1cc(Cc2cc(C)cc(OC)c2OC)c(C)c(OC)c1. The Morgan fingerprint density at radius 3 is 1.96 bits per heavy atom. The van der Waals surface area contributed by atoms with E-state index in [9.17, 15) is 0 Å². The van der Waals surface area contributed by atoms with Gasteiger partial charge >= 0.3 is 0 Å². The lowest BCUT2D eigenvalue weighted by molar-refractivity contribution is 0.352. The second-order valence-corrected chi connectivity index (χ2v) is 5.45. The average molecular weight is 316 g/mol. The van der Waals surface area contributed by atoms with E-state index >= 15 is 0 Å². The van der Waals surface area contributed by atoms with Crippen LogP contribution in [0.4, 0.5) is 0 Å². The summed E-state index contributed by atoms with van der Waals surface area (Å²) in [6, 6.07) is 8.02.